The number of nitro groups is 1. The Bertz CT molecular complexity index is 661. The molecular weight excluding hydrogens is 298 g/mol. The lowest BCUT2D eigenvalue weighted by Gasteiger charge is -2.35. The van der Waals surface area contributed by atoms with Gasteiger partial charge in [0, 0.05) is 49.3 Å². The number of nitro benzene ring substituents is 1. The van der Waals surface area contributed by atoms with Crippen molar-refractivity contribution in [1.82, 2.24) is 9.80 Å². The van der Waals surface area contributed by atoms with Crippen molar-refractivity contribution in [2.45, 2.75) is 19.8 Å². The van der Waals surface area contributed by atoms with Crippen molar-refractivity contribution in [3.8, 4) is 0 Å². The normalized spacial score (nSPS) is 18.0. The molecule has 1 aromatic rings. The fourth-order valence-electron chi connectivity index (χ4n) is 2.94. The number of hydrogen-bond acceptors (Lipinski definition) is 4. The summed E-state index contributed by atoms with van der Waals surface area (Å²) in [5, 5.41) is 11.0. The maximum Gasteiger partial charge on any atom is 0.273 e. The molecule has 2 fully saturated rings. The van der Waals surface area contributed by atoms with Crippen molar-refractivity contribution in [3.05, 3.63) is 39.4 Å². The summed E-state index contributed by atoms with van der Waals surface area (Å²) in [6.45, 7) is 3.61. The molecule has 0 radical (unpaired) electrons. The van der Waals surface area contributed by atoms with E-state index in [1.807, 2.05) is 4.90 Å². The molecule has 122 valence electrons. The van der Waals surface area contributed by atoms with Gasteiger partial charge in [-0.25, -0.2) is 0 Å². The quantitative estimate of drug-likeness (QED) is 0.626. The van der Waals surface area contributed by atoms with Crippen LogP contribution in [0.25, 0.3) is 0 Å². The van der Waals surface area contributed by atoms with Gasteiger partial charge in [0.1, 0.15) is 0 Å². The van der Waals surface area contributed by atoms with Crippen LogP contribution in [0.3, 0.4) is 0 Å². The third kappa shape index (κ3) is 3.04. The van der Waals surface area contributed by atoms with Gasteiger partial charge in [-0.1, -0.05) is 6.07 Å². The molecule has 23 heavy (non-hydrogen) atoms. The molecule has 0 bridgehead atoms. The van der Waals surface area contributed by atoms with Gasteiger partial charge in [0.05, 0.1) is 4.92 Å². The number of hydrogen-bond donors (Lipinski definition) is 0. The van der Waals surface area contributed by atoms with Crippen LogP contribution in [0, 0.1) is 23.0 Å². The van der Waals surface area contributed by atoms with Gasteiger partial charge < -0.3 is 9.80 Å². The van der Waals surface area contributed by atoms with Crippen LogP contribution in [0.5, 0.6) is 0 Å². The van der Waals surface area contributed by atoms with Gasteiger partial charge in [0.25, 0.3) is 11.6 Å². The van der Waals surface area contributed by atoms with E-state index in [1.165, 1.54) is 12.1 Å². The van der Waals surface area contributed by atoms with Gasteiger partial charge in [-0.15, -0.1) is 0 Å². The molecule has 1 aromatic carbocycles. The maximum atomic E-state index is 12.6. The Morgan fingerprint density at radius 2 is 1.74 bits per heavy atom. The number of piperazine rings is 1. The number of carbonyl (C=O) groups excluding carboxylic acids is 2. The molecule has 0 atom stereocenters. The molecule has 2 amide bonds. The predicted octanol–water partition coefficient (Wildman–Crippen LogP) is 1.60. The molecule has 3 rings (SSSR count). The summed E-state index contributed by atoms with van der Waals surface area (Å²) >= 11 is 0. The summed E-state index contributed by atoms with van der Waals surface area (Å²) in [6, 6.07) is 4.55. The van der Waals surface area contributed by atoms with E-state index in [9.17, 15) is 19.7 Å². The Balaban J connectivity index is 1.69. The monoisotopic (exact) mass is 317 g/mol. The standard InChI is InChI=1S/C16H19N3O4/c1-11-13(3-2-4-14(11)19(22)23)16(21)18-9-7-17(8-10-18)15(20)12-5-6-12/h2-4,12H,5-10H2,1H3. The molecule has 1 aliphatic carbocycles. The Hall–Kier alpha value is -2.44. The summed E-state index contributed by atoms with van der Waals surface area (Å²) < 4.78 is 0. The van der Waals surface area contributed by atoms with Crippen LogP contribution in [-0.4, -0.2) is 52.7 Å². The highest BCUT2D eigenvalue weighted by molar-refractivity contribution is 5.96. The van der Waals surface area contributed by atoms with Gasteiger partial charge >= 0.3 is 0 Å². The smallest absolute Gasteiger partial charge is 0.273 e. The number of amides is 2. The highest BCUT2D eigenvalue weighted by Crippen LogP contribution is 2.31. The first-order valence-corrected chi connectivity index (χ1v) is 7.81. The van der Waals surface area contributed by atoms with E-state index in [1.54, 1.807) is 17.9 Å². The van der Waals surface area contributed by atoms with E-state index >= 15 is 0 Å². The van der Waals surface area contributed by atoms with Crippen molar-refractivity contribution in [1.29, 1.82) is 0 Å². The van der Waals surface area contributed by atoms with Crippen LogP contribution in [0.15, 0.2) is 18.2 Å². The molecule has 1 saturated heterocycles. The average molecular weight is 317 g/mol. The van der Waals surface area contributed by atoms with Gasteiger partial charge in [0.15, 0.2) is 0 Å². The topological polar surface area (TPSA) is 83.8 Å². The molecule has 0 aromatic heterocycles. The highest BCUT2D eigenvalue weighted by atomic mass is 16.6. The second kappa shape index (κ2) is 5.98. The fourth-order valence-corrected chi connectivity index (χ4v) is 2.94. The first kappa shape index (κ1) is 15.5. The molecule has 1 aliphatic heterocycles. The summed E-state index contributed by atoms with van der Waals surface area (Å²) in [5.74, 6) is 0.185. The van der Waals surface area contributed by atoms with Crippen LogP contribution in [-0.2, 0) is 4.79 Å². The van der Waals surface area contributed by atoms with E-state index in [4.69, 9.17) is 0 Å². The van der Waals surface area contributed by atoms with Crippen LogP contribution < -0.4 is 0 Å². The van der Waals surface area contributed by atoms with Crippen LogP contribution in [0.2, 0.25) is 0 Å². The van der Waals surface area contributed by atoms with Gasteiger partial charge in [-0.05, 0) is 25.8 Å². The first-order valence-electron chi connectivity index (χ1n) is 7.81. The van der Waals surface area contributed by atoms with Gasteiger partial charge in [-0.3, -0.25) is 19.7 Å². The Morgan fingerprint density at radius 3 is 2.30 bits per heavy atom. The molecule has 7 nitrogen and oxygen atoms in total. The van der Waals surface area contributed by atoms with Crippen LogP contribution >= 0.6 is 0 Å². The minimum atomic E-state index is -0.474. The van der Waals surface area contributed by atoms with E-state index < -0.39 is 4.92 Å². The van der Waals surface area contributed by atoms with Crippen LogP contribution in [0.4, 0.5) is 5.69 Å². The molecule has 7 heteroatoms. The molecule has 0 spiro atoms. The van der Waals surface area contributed by atoms with Gasteiger partial charge in [0.2, 0.25) is 5.91 Å². The lowest BCUT2D eigenvalue weighted by atomic mass is 10.1. The van der Waals surface area contributed by atoms with Crippen molar-refractivity contribution < 1.29 is 14.5 Å². The van der Waals surface area contributed by atoms with E-state index in [0.717, 1.165) is 12.8 Å². The summed E-state index contributed by atoms with van der Waals surface area (Å²) in [6.07, 6.45) is 1.95. The lowest BCUT2D eigenvalue weighted by molar-refractivity contribution is -0.385. The van der Waals surface area contributed by atoms with Crippen molar-refractivity contribution in [2.75, 3.05) is 26.2 Å². The number of nitrogens with zero attached hydrogens (tertiary/aromatic N) is 3. The number of carbonyl (C=O) groups is 2. The SMILES string of the molecule is Cc1c(C(=O)N2CCN(C(=O)C3CC3)CC2)cccc1[N+](=O)[O-]. The second-order valence-corrected chi connectivity index (χ2v) is 6.10. The zero-order valence-corrected chi connectivity index (χ0v) is 13.0. The highest BCUT2D eigenvalue weighted by Gasteiger charge is 2.35. The Morgan fingerprint density at radius 1 is 1.13 bits per heavy atom. The zero-order valence-electron chi connectivity index (χ0n) is 13.0. The summed E-state index contributed by atoms with van der Waals surface area (Å²) in [4.78, 5) is 38.7. The van der Waals surface area contributed by atoms with Crippen molar-refractivity contribution in [2.24, 2.45) is 5.92 Å². The largest absolute Gasteiger partial charge is 0.339 e. The van der Waals surface area contributed by atoms with Gasteiger partial charge in [-0.2, -0.15) is 0 Å². The third-order valence-corrected chi connectivity index (χ3v) is 4.54. The van der Waals surface area contributed by atoms with E-state index in [0.29, 0.717) is 37.3 Å². The molecule has 0 unspecified atom stereocenters. The molecule has 0 N–H and O–H groups in total. The van der Waals surface area contributed by atoms with E-state index in [-0.39, 0.29) is 23.4 Å². The van der Waals surface area contributed by atoms with Crippen LogP contribution in [0.1, 0.15) is 28.8 Å². The van der Waals surface area contributed by atoms with Crippen molar-refractivity contribution >= 4 is 17.5 Å². The number of rotatable bonds is 3. The fraction of sp³-hybridized carbons (Fsp3) is 0.500. The molecule has 2 aliphatic rings. The minimum absolute atomic E-state index is 0.0432. The van der Waals surface area contributed by atoms with E-state index in [2.05, 4.69) is 0 Å². The molecule has 1 heterocycles. The summed E-state index contributed by atoms with van der Waals surface area (Å²) in [7, 11) is 0. The summed E-state index contributed by atoms with van der Waals surface area (Å²) in [5.41, 5.74) is 0.707. The first-order chi connectivity index (χ1) is 11.0. The maximum absolute atomic E-state index is 12.6. The minimum Gasteiger partial charge on any atom is -0.339 e. The second-order valence-electron chi connectivity index (χ2n) is 6.10. The third-order valence-electron chi connectivity index (χ3n) is 4.54. The molecular formula is C16H19N3O4. The predicted molar refractivity (Wildman–Crippen MR) is 83.0 cm³/mol. The zero-order chi connectivity index (χ0) is 16.6. The lowest BCUT2D eigenvalue weighted by Crippen LogP contribution is -2.51. The average Bonchev–Trinajstić information content (AvgIpc) is 3.38. The Kier molecular flexibility index (Phi) is 4.02. The Labute approximate surface area is 134 Å². The molecule has 1 saturated carbocycles. The van der Waals surface area contributed by atoms with Crippen molar-refractivity contribution in [3.63, 3.8) is 0 Å². The number of benzene rings is 1.